The maximum Gasteiger partial charge on any atom is 0.0817 e. The van der Waals surface area contributed by atoms with Gasteiger partial charge < -0.3 is 0 Å². The van der Waals surface area contributed by atoms with Crippen LogP contribution in [0.1, 0.15) is 33.2 Å². The standard InChI is InChI=1S/C14H17ClN2S/c1-8-4-5-11(6-9(8)2)13(17-16)14-12(15)10(3)7-18-14/h4-7,13,17H,16H2,1-3H3. The fourth-order valence-electron chi connectivity index (χ4n) is 1.91. The van der Waals surface area contributed by atoms with Gasteiger partial charge in [-0.25, -0.2) is 5.43 Å². The van der Waals surface area contributed by atoms with Gasteiger partial charge in [0.1, 0.15) is 0 Å². The van der Waals surface area contributed by atoms with Crippen LogP contribution >= 0.6 is 22.9 Å². The van der Waals surface area contributed by atoms with Crippen molar-refractivity contribution < 1.29 is 0 Å². The van der Waals surface area contributed by atoms with E-state index in [4.69, 9.17) is 17.4 Å². The Hall–Kier alpha value is -0.870. The molecule has 2 nitrogen and oxygen atoms in total. The minimum absolute atomic E-state index is 0.0458. The third kappa shape index (κ3) is 2.45. The van der Waals surface area contributed by atoms with Crippen LogP contribution in [-0.2, 0) is 0 Å². The topological polar surface area (TPSA) is 38.0 Å². The number of thiophene rings is 1. The van der Waals surface area contributed by atoms with E-state index in [0.29, 0.717) is 0 Å². The SMILES string of the molecule is Cc1ccc(C(NN)c2scc(C)c2Cl)cc1C. The van der Waals surface area contributed by atoms with E-state index in [2.05, 4.69) is 42.9 Å². The van der Waals surface area contributed by atoms with E-state index in [-0.39, 0.29) is 6.04 Å². The second-order valence-electron chi connectivity index (χ2n) is 4.54. The van der Waals surface area contributed by atoms with Gasteiger partial charge in [-0.15, -0.1) is 11.3 Å². The lowest BCUT2D eigenvalue weighted by atomic mass is 10.00. The molecule has 0 bridgehead atoms. The number of benzene rings is 1. The minimum Gasteiger partial charge on any atom is -0.271 e. The molecule has 1 aromatic carbocycles. The molecule has 2 aromatic rings. The number of hydrazine groups is 1. The van der Waals surface area contributed by atoms with E-state index in [0.717, 1.165) is 21.0 Å². The zero-order valence-electron chi connectivity index (χ0n) is 10.8. The molecule has 0 amide bonds. The van der Waals surface area contributed by atoms with E-state index < -0.39 is 0 Å². The number of aryl methyl sites for hydroxylation is 3. The summed E-state index contributed by atoms with van der Waals surface area (Å²) in [7, 11) is 0. The molecule has 18 heavy (non-hydrogen) atoms. The second-order valence-corrected chi connectivity index (χ2v) is 5.83. The van der Waals surface area contributed by atoms with Crippen LogP contribution in [0.4, 0.5) is 0 Å². The molecule has 96 valence electrons. The zero-order chi connectivity index (χ0) is 13.3. The van der Waals surface area contributed by atoms with Crippen molar-refractivity contribution in [2.24, 2.45) is 5.84 Å². The molecule has 0 fully saturated rings. The van der Waals surface area contributed by atoms with Gasteiger partial charge in [-0.2, -0.15) is 0 Å². The summed E-state index contributed by atoms with van der Waals surface area (Å²) in [5, 5.41) is 2.87. The smallest absolute Gasteiger partial charge is 0.0817 e. The molecule has 1 heterocycles. The summed E-state index contributed by atoms with van der Waals surface area (Å²) < 4.78 is 0. The van der Waals surface area contributed by atoms with Crippen molar-refractivity contribution in [3.63, 3.8) is 0 Å². The molecule has 4 heteroatoms. The van der Waals surface area contributed by atoms with Crippen molar-refractivity contribution in [1.82, 2.24) is 5.43 Å². The summed E-state index contributed by atoms with van der Waals surface area (Å²) in [6, 6.07) is 6.32. The van der Waals surface area contributed by atoms with Gasteiger partial charge in [0.2, 0.25) is 0 Å². The summed E-state index contributed by atoms with van der Waals surface area (Å²) in [6.07, 6.45) is 0. The van der Waals surface area contributed by atoms with Gasteiger partial charge in [-0.05, 0) is 48.4 Å². The van der Waals surface area contributed by atoms with Crippen molar-refractivity contribution >= 4 is 22.9 Å². The largest absolute Gasteiger partial charge is 0.271 e. The van der Waals surface area contributed by atoms with Crippen LogP contribution in [0, 0.1) is 20.8 Å². The lowest BCUT2D eigenvalue weighted by molar-refractivity contribution is 0.646. The number of hydrogen-bond donors (Lipinski definition) is 2. The second kappa shape index (κ2) is 5.41. The van der Waals surface area contributed by atoms with Gasteiger partial charge in [-0.3, -0.25) is 5.84 Å². The Morgan fingerprint density at radius 1 is 1.17 bits per heavy atom. The molecule has 3 N–H and O–H groups in total. The van der Waals surface area contributed by atoms with Gasteiger partial charge in [0.25, 0.3) is 0 Å². The lowest BCUT2D eigenvalue weighted by Gasteiger charge is -2.17. The Labute approximate surface area is 117 Å². The van der Waals surface area contributed by atoms with E-state index in [1.165, 1.54) is 11.1 Å². The maximum absolute atomic E-state index is 6.32. The number of rotatable bonds is 3. The molecule has 1 unspecified atom stereocenters. The zero-order valence-corrected chi connectivity index (χ0v) is 12.3. The van der Waals surface area contributed by atoms with E-state index in [9.17, 15) is 0 Å². The summed E-state index contributed by atoms with van der Waals surface area (Å²) in [6.45, 7) is 6.22. The third-order valence-electron chi connectivity index (χ3n) is 3.22. The maximum atomic E-state index is 6.32. The minimum atomic E-state index is -0.0458. The molecule has 0 saturated carbocycles. The first-order chi connectivity index (χ1) is 8.54. The average Bonchev–Trinajstić information content (AvgIpc) is 2.67. The van der Waals surface area contributed by atoms with Crippen LogP contribution in [-0.4, -0.2) is 0 Å². The summed E-state index contributed by atoms with van der Waals surface area (Å²) >= 11 is 7.96. The van der Waals surface area contributed by atoms with Crippen molar-refractivity contribution in [2.45, 2.75) is 26.8 Å². The van der Waals surface area contributed by atoms with Gasteiger partial charge in [-0.1, -0.05) is 29.8 Å². The van der Waals surface area contributed by atoms with Crippen molar-refractivity contribution in [1.29, 1.82) is 0 Å². The first-order valence-electron chi connectivity index (χ1n) is 5.81. The molecular weight excluding hydrogens is 264 g/mol. The number of halogens is 1. The van der Waals surface area contributed by atoms with Crippen LogP contribution in [0.15, 0.2) is 23.6 Å². The molecule has 0 radical (unpaired) electrons. The van der Waals surface area contributed by atoms with Crippen LogP contribution in [0.25, 0.3) is 0 Å². The van der Waals surface area contributed by atoms with Crippen molar-refractivity contribution in [3.8, 4) is 0 Å². The highest BCUT2D eigenvalue weighted by Crippen LogP contribution is 2.35. The Kier molecular flexibility index (Phi) is 4.07. The molecule has 1 aromatic heterocycles. The van der Waals surface area contributed by atoms with E-state index >= 15 is 0 Å². The lowest BCUT2D eigenvalue weighted by Crippen LogP contribution is -2.28. The Bertz CT molecular complexity index is 563. The predicted molar refractivity (Wildman–Crippen MR) is 79.1 cm³/mol. The number of nitrogens with one attached hydrogen (secondary N) is 1. The third-order valence-corrected chi connectivity index (χ3v) is 5.00. The Morgan fingerprint density at radius 2 is 1.89 bits per heavy atom. The van der Waals surface area contributed by atoms with Gasteiger partial charge >= 0.3 is 0 Å². The molecule has 0 saturated heterocycles. The van der Waals surface area contributed by atoms with Gasteiger partial charge in [0.15, 0.2) is 0 Å². The highest BCUT2D eigenvalue weighted by atomic mass is 35.5. The highest BCUT2D eigenvalue weighted by molar-refractivity contribution is 7.10. The van der Waals surface area contributed by atoms with Crippen molar-refractivity contribution in [3.05, 3.63) is 55.7 Å². The molecule has 1 atom stereocenters. The molecule has 0 aliphatic carbocycles. The number of nitrogens with two attached hydrogens (primary N) is 1. The van der Waals surface area contributed by atoms with Gasteiger partial charge in [0, 0.05) is 4.88 Å². The molecule has 2 rings (SSSR count). The Balaban J connectivity index is 2.45. The summed E-state index contributed by atoms with van der Waals surface area (Å²) in [5.41, 5.74) is 7.64. The van der Waals surface area contributed by atoms with E-state index in [1.54, 1.807) is 11.3 Å². The van der Waals surface area contributed by atoms with Crippen molar-refractivity contribution in [2.75, 3.05) is 0 Å². The molecule has 0 aliphatic heterocycles. The van der Waals surface area contributed by atoms with Gasteiger partial charge in [0.05, 0.1) is 11.1 Å². The molecule has 0 aliphatic rings. The molecule has 0 spiro atoms. The van der Waals surface area contributed by atoms with E-state index in [1.807, 2.05) is 6.92 Å². The van der Waals surface area contributed by atoms with Crippen LogP contribution in [0.2, 0.25) is 5.02 Å². The van der Waals surface area contributed by atoms with Crippen LogP contribution in [0.5, 0.6) is 0 Å². The van der Waals surface area contributed by atoms with Crippen LogP contribution in [0.3, 0.4) is 0 Å². The quantitative estimate of drug-likeness (QED) is 0.661. The predicted octanol–water partition coefficient (Wildman–Crippen LogP) is 3.88. The normalized spacial score (nSPS) is 12.7. The summed E-state index contributed by atoms with van der Waals surface area (Å²) in [4.78, 5) is 1.07. The summed E-state index contributed by atoms with van der Waals surface area (Å²) in [5.74, 6) is 5.70. The Morgan fingerprint density at radius 3 is 2.39 bits per heavy atom. The number of hydrogen-bond acceptors (Lipinski definition) is 3. The fourth-order valence-corrected chi connectivity index (χ4v) is 3.30. The first-order valence-corrected chi connectivity index (χ1v) is 7.07. The first kappa shape index (κ1) is 13.6. The average molecular weight is 281 g/mol. The highest BCUT2D eigenvalue weighted by Gasteiger charge is 2.19. The monoisotopic (exact) mass is 280 g/mol. The fraction of sp³-hybridized carbons (Fsp3) is 0.286. The molecular formula is C14H17ClN2S. The van der Waals surface area contributed by atoms with Crippen LogP contribution < -0.4 is 11.3 Å².